The lowest BCUT2D eigenvalue weighted by Crippen LogP contribution is -2.42. The normalized spacial score (nSPS) is 20.0. The molecule has 0 aliphatic carbocycles. The van der Waals surface area contributed by atoms with Crippen LogP contribution in [0.2, 0.25) is 0 Å². The van der Waals surface area contributed by atoms with Gasteiger partial charge in [-0.1, -0.05) is 15.9 Å². The Morgan fingerprint density at radius 3 is 3.19 bits per heavy atom. The van der Waals surface area contributed by atoms with Gasteiger partial charge in [-0.15, -0.1) is 0 Å². The summed E-state index contributed by atoms with van der Waals surface area (Å²) in [6.07, 6.45) is 2.26. The predicted molar refractivity (Wildman–Crippen MR) is 89.8 cm³/mol. The molecule has 1 atom stereocenters. The summed E-state index contributed by atoms with van der Waals surface area (Å²) < 4.78 is 1.06. The lowest BCUT2D eigenvalue weighted by atomic mass is 10.1. The molecule has 0 bridgehead atoms. The molecule has 1 aromatic heterocycles. The van der Waals surface area contributed by atoms with E-state index >= 15 is 0 Å². The highest BCUT2D eigenvalue weighted by Gasteiger charge is 2.25. The number of carboxylic acid groups (broad SMARTS) is 1. The lowest BCUT2D eigenvalue weighted by Gasteiger charge is -2.34. The average molecular weight is 369 g/mol. The molecule has 2 N–H and O–H groups in total. The minimum absolute atomic E-state index is 0.123. The van der Waals surface area contributed by atoms with Crippen molar-refractivity contribution in [1.82, 2.24) is 9.88 Å². The quantitative estimate of drug-likeness (QED) is 0.868. The average Bonchev–Trinajstić information content (AvgIpc) is 2.83. The molecule has 0 spiro atoms. The monoisotopic (exact) mass is 368 g/mol. The largest absolute Gasteiger partial charge is 0.481 e. The van der Waals surface area contributed by atoms with Gasteiger partial charge in [0.05, 0.1) is 6.42 Å². The van der Waals surface area contributed by atoms with E-state index in [9.17, 15) is 4.79 Å². The van der Waals surface area contributed by atoms with E-state index in [-0.39, 0.29) is 12.5 Å². The number of aliphatic carboxylic acids is 1. The number of thioether (sulfide) groups is 1. The highest BCUT2D eigenvalue weighted by molar-refractivity contribution is 9.10. The van der Waals surface area contributed by atoms with E-state index in [1.165, 1.54) is 10.9 Å². The van der Waals surface area contributed by atoms with Crippen molar-refractivity contribution in [2.45, 2.75) is 19.0 Å². The van der Waals surface area contributed by atoms with Crippen molar-refractivity contribution in [3.63, 3.8) is 0 Å². The number of rotatable bonds is 4. The molecule has 3 rings (SSSR count). The summed E-state index contributed by atoms with van der Waals surface area (Å²) in [7, 11) is 0. The summed E-state index contributed by atoms with van der Waals surface area (Å²) in [5, 5.41) is 10.3. The molecule has 1 fully saturated rings. The number of carboxylic acids is 1. The van der Waals surface area contributed by atoms with E-state index in [2.05, 4.69) is 37.9 Å². The van der Waals surface area contributed by atoms with Gasteiger partial charge >= 0.3 is 5.97 Å². The highest BCUT2D eigenvalue weighted by atomic mass is 79.9. The topological polar surface area (TPSA) is 56.3 Å². The van der Waals surface area contributed by atoms with E-state index in [4.69, 9.17) is 5.11 Å². The van der Waals surface area contributed by atoms with Crippen molar-refractivity contribution in [3.8, 4) is 0 Å². The minimum Gasteiger partial charge on any atom is -0.481 e. The zero-order chi connectivity index (χ0) is 14.8. The number of halogens is 1. The van der Waals surface area contributed by atoms with Crippen LogP contribution in [0.3, 0.4) is 0 Å². The van der Waals surface area contributed by atoms with Crippen LogP contribution in [0.4, 0.5) is 0 Å². The number of hydrogen-bond donors (Lipinski definition) is 2. The van der Waals surface area contributed by atoms with Crippen molar-refractivity contribution < 1.29 is 9.90 Å². The Kier molecular flexibility index (Phi) is 4.57. The minimum atomic E-state index is -0.714. The van der Waals surface area contributed by atoms with Crippen molar-refractivity contribution in [2.24, 2.45) is 0 Å². The number of nitrogens with zero attached hydrogens (tertiary/aromatic N) is 1. The standard InChI is InChI=1S/C15H17BrN2O2S/c16-11-1-2-14-13(5-11)10(7-17-14)8-18-3-4-21-9-12(18)6-15(19)20/h1-2,5,7,12,17H,3-4,6,8-9H2,(H,19,20). The third-order valence-electron chi connectivity index (χ3n) is 3.86. The zero-order valence-electron chi connectivity index (χ0n) is 11.5. The van der Waals surface area contributed by atoms with E-state index in [0.29, 0.717) is 0 Å². The van der Waals surface area contributed by atoms with E-state index in [1.54, 1.807) is 0 Å². The lowest BCUT2D eigenvalue weighted by molar-refractivity contribution is -0.138. The third kappa shape index (κ3) is 3.44. The first-order valence-electron chi connectivity index (χ1n) is 6.92. The molecule has 4 nitrogen and oxygen atoms in total. The Bertz CT molecular complexity index is 658. The summed E-state index contributed by atoms with van der Waals surface area (Å²) in [6, 6.07) is 6.32. The molecule has 0 amide bonds. The summed E-state index contributed by atoms with van der Waals surface area (Å²) in [6.45, 7) is 1.75. The first-order chi connectivity index (χ1) is 10.1. The van der Waals surface area contributed by atoms with Crippen LogP contribution in [0, 0.1) is 0 Å². The van der Waals surface area contributed by atoms with Gasteiger partial charge in [0.2, 0.25) is 0 Å². The number of aromatic nitrogens is 1. The van der Waals surface area contributed by atoms with Crippen LogP contribution in [-0.4, -0.2) is 45.1 Å². The van der Waals surface area contributed by atoms with Gasteiger partial charge in [0.25, 0.3) is 0 Å². The van der Waals surface area contributed by atoms with Crippen molar-refractivity contribution >= 4 is 44.6 Å². The summed E-state index contributed by atoms with van der Waals surface area (Å²) >= 11 is 5.36. The molecule has 2 heterocycles. The second kappa shape index (κ2) is 6.42. The molecule has 21 heavy (non-hydrogen) atoms. The van der Waals surface area contributed by atoms with Gasteiger partial charge in [-0.25, -0.2) is 0 Å². The fraction of sp³-hybridized carbons (Fsp3) is 0.400. The number of hydrogen-bond acceptors (Lipinski definition) is 3. The Morgan fingerprint density at radius 1 is 1.52 bits per heavy atom. The molecule has 1 aliphatic rings. The predicted octanol–water partition coefficient (Wildman–Crippen LogP) is 3.32. The fourth-order valence-electron chi connectivity index (χ4n) is 2.79. The molecule has 2 aromatic rings. The first kappa shape index (κ1) is 14.9. The number of fused-ring (bicyclic) bond motifs is 1. The van der Waals surface area contributed by atoms with Crippen molar-refractivity contribution in [3.05, 3.63) is 34.4 Å². The molecule has 112 valence electrons. The van der Waals surface area contributed by atoms with Crippen molar-refractivity contribution in [1.29, 1.82) is 0 Å². The van der Waals surface area contributed by atoms with Gasteiger partial charge < -0.3 is 10.1 Å². The number of nitrogens with one attached hydrogen (secondary N) is 1. The summed E-state index contributed by atoms with van der Waals surface area (Å²) in [5.74, 6) is 1.26. The van der Waals surface area contributed by atoms with Gasteiger partial charge in [-0.2, -0.15) is 11.8 Å². The van der Waals surface area contributed by atoms with E-state index in [1.807, 2.05) is 24.0 Å². The van der Waals surface area contributed by atoms with Crippen LogP contribution >= 0.6 is 27.7 Å². The Hall–Kier alpha value is -0.980. The maximum atomic E-state index is 11.0. The molecule has 1 aliphatic heterocycles. The van der Waals surface area contributed by atoms with Crippen LogP contribution < -0.4 is 0 Å². The fourth-order valence-corrected chi connectivity index (χ4v) is 4.28. The molecular weight excluding hydrogens is 352 g/mol. The summed E-state index contributed by atoms with van der Waals surface area (Å²) in [5.41, 5.74) is 2.35. The van der Waals surface area contributed by atoms with Crippen LogP contribution in [0.15, 0.2) is 28.9 Å². The number of aromatic amines is 1. The Balaban J connectivity index is 1.82. The van der Waals surface area contributed by atoms with Gasteiger partial charge in [-0.05, 0) is 23.8 Å². The van der Waals surface area contributed by atoms with Gasteiger partial charge in [0.15, 0.2) is 0 Å². The molecule has 1 saturated heterocycles. The second-order valence-corrected chi connectivity index (χ2v) is 7.37. The smallest absolute Gasteiger partial charge is 0.304 e. The molecule has 6 heteroatoms. The SMILES string of the molecule is O=C(O)CC1CSCCN1Cc1c[nH]c2ccc(Br)cc12. The zero-order valence-corrected chi connectivity index (χ0v) is 13.9. The van der Waals surface area contributed by atoms with Gasteiger partial charge in [0, 0.05) is 52.2 Å². The van der Waals surface area contributed by atoms with Crippen LogP contribution in [0.25, 0.3) is 10.9 Å². The number of benzene rings is 1. The summed E-state index contributed by atoms with van der Waals surface area (Å²) in [4.78, 5) is 16.6. The first-order valence-corrected chi connectivity index (χ1v) is 8.87. The third-order valence-corrected chi connectivity index (χ3v) is 5.45. The maximum Gasteiger partial charge on any atom is 0.304 e. The molecule has 0 saturated carbocycles. The number of H-pyrrole nitrogens is 1. The van der Waals surface area contributed by atoms with Crippen LogP contribution in [0.1, 0.15) is 12.0 Å². The Morgan fingerprint density at radius 2 is 2.38 bits per heavy atom. The van der Waals surface area contributed by atoms with Crippen molar-refractivity contribution in [2.75, 3.05) is 18.1 Å². The Labute approximate surface area is 136 Å². The van der Waals surface area contributed by atoms with Crippen LogP contribution in [-0.2, 0) is 11.3 Å². The van der Waals surface area contributed by atoms with E-state index in [0.717, 1.165) is 34.6 Å². The second-order valence-electron chi connectivity index (χ2n) is 5.30. The molecular formula is C15H17BrN2O2S. The maximum absolute atomic E-state index is 11.0. The van der Waals surface area contributed by atoms with Gasteiger partial charge in [-0.3, -0.25) is 9.69 Å². The van der Waals surface area contributed by atoms with Gasteiger partial charge in [0.1, 0.15) is 0 Å². The van der Waals surface area contributed by atoms with E-state index < -0.39 is 5.97 Å². The molecule has 1 aromatic carbocycles. The van der Waals surface area contributed by atoms with Crippen LogP contribution in [0.5, 0.6) is 0 Å². The highest BCUT2D eigenvalue weighted by Crippen LogP contribution is 2.26. The molecule has 1 unspecified atom stereocenters. The number of carbonyl (C=O) groups is 1. The molecule has 0 radical (unpaired) electrons.